The summed E-state index contributed by atoms with van der Waals surface area (Å²) in [4.78, 5) is 20.8. The van der Waals surface area contributed by atoms with Crippen LogP contribution in [0, 0.1) is 6.92 Å². The summed E-state index contributed by atoms with van der Waals surface area (Å²) in [6.07, 6.45) is 3.53. The molecule has 15 heavy (non-hydrogen) atoms. The van der Waals surface area contributed by atoms with E-state index < -0.39 is 5.97 Å². The molecule has 0 atom stereocenters. The van der Waals surface area contributed by atoms with Crippen molar-refractivity contribution in [2.75, 3.05) is 0 Å². The number of imidazole rings is 1. The Balaban J connectivity index is 2.42. The highest BCUT2D eigenvalue weighted by molar-refractivity contribution is 5.73. The molecule has 0 saturated heterocycles. The third kappa shape index (κ3) is 1.90. The van der Waals surface area contributed by atoms with Gasteiger partial charge in [0, 0.05) is 18.0 Å². The van der Waals surface area contributed by atoms with Gasteiger partial charge in [0.15, 0.2) is 0 Å². The van der Waals surface area contributed by atoms with Gasteiger partial charge in [0.25, 0.3) is 0 Å². The normalized spacial score (nSPS) is 10.5. The van der Waals surface area contributed by atoms with E-state index >= 15 is 0 Å². The third-order valence-electron chi connectivity index (χ3n) is 2.10. The van der Waals surface area contributed by atoms with Crippen molar-refractivity contribution in [1.29, 1.82) is 0 Å². The molecule has 0 aliphatic heterocycles. The Bertz CT molecular complexity index is 471. The van der Waals surface area contributed by atoms with Crippen molar-refractivity contribution in [2.24, 2.45) is 0 Å². The van der Waals surface area contributed by atoms with Crippen LogP contribution >= 0.6 is 0 Å². The van der Waals surface area contributed by atoms with E-state index in [1.54, 1.807) is 12.4 Å². The van der Waals surface area contributed by atoms with Crippen LogP contribution < -0.4 is 0 Å². The zero-order valence-corrected chi connectivity index (χ0v) is 8.24. The minimum Gasteiger partial charge on any atom is -0.481 e. The van der Waals surface area contributed by atoms with Gasteiger partial charge in [0.05, 0.1) is 17.8 Å². The molecular formula is C10H11N3O2. The largest absolute Gasteiger partial charge is 0.481 e. The topological polar surface area (TPSA) is 81.8 Å². The lowest BCUT2D eigenvalue weighted by Gasteiger charge is -1.96. The van der Waals surface area contributed by atoms with Gasteiger partial charge in [-0.3, -0.25) is 4.79 Å². The molecule has 0 radical (unpaired) electrons. The van der Waals surface area contributed by atoms with Gasteiger partial charge >= 0.3 is 5.97 Å². The molecule has 2 aromatic rings. The lowest BCUT2D eigenvalue weighted by atomic mass is 10.1. The fraction of sp³-hybridized carbons (Fsp3) is 0.200. The second kappa shape index (κ2) is 3.61. The summed E-state index contributed by atoms with van der Waals surface area (Å²) in [6.45, 7) is 1.81. The summed E-state index contributed by atoms with van der Waals surface area (Å²) in [5.41, 5.74) is 2.24. The summed E-state index contributed by atoms with van der Waals surface area (Å²) in [5.74, 6) is -0.141. The lowest BCUT2D eigenvalue weighted by Crippen LogP contribution is -2.01. The van der Waals surface area contributed by atoms with Crippen molar-refractivity contribution in [3.8, 4) is 11.3 Å². The highest BCUT2D eigenvalue weighted by Gasteiger charge is 2.13. The van der Waals surface area contributed by atoms with Crippen LogP contribution in [0.1, 0.15) is 11.5 Å². The molecule has 5 heteroatoms. The molecule has 5 nitrogen and oxygen atoms in total. The van der Waals surface area contributed by atoms with Gasteiger partial charge in [-0.05, 0) is 13.0 Å². The smallest absolute Gasteiger partial charge is 0.309 e. The van der Waals surface area contributed by atoms with E-state index in [-0.39, 0.29) is 6.42 Å². The first-order valence-electron chi connectivity index (χ1n) is 4.57. The van der Waals surface area contributed by atoms with Crippen molar-refractivity contribution in [3.63, 3.8) is 0 Å². The van der Waals surface area contributed by atoms with Gasteiger partial charge in [-0.1, -0.05) is 0 Å². The predicted molar refractivity (Wildman–Crippen MR) is 54.5 cm³/mol. The average Bonchev–Trinajstić information content (AvgIpc) is 2.72. The Labute approximate surface area is 86.2 Å². The Hall–Kier alpha value is -2.04. The molecule has 78 valence electrons. The fourth-order valence-electron chi connectivity index (χ4n) is 1.53. The maximum Gasteiger partial charge on any atom is 0.309 e. The summed E-state index contributed by atoms with van der Waals surface area (Å²) in [5, 5.41) is 8.74. The summed E-state index contributed by atoms with van der Waals surface area (Å²) in [7, 11) is 0. The van der Waals surface area contributed by atoms with Crippen molar-refractivity contribution < 1.29 is 9.90 Å². The predicted octanol–water partition coefficient (Wildman–Crippen LogP) is 1.34. The molecule has 0 unspecified atom stereocenters. The van der Waals surface area contributed by atoms with Gasteiger partial charge in [-0.15, -0.1) is 0 Å². The SMILES string of the molecule is Cc1nc(-c2cc[nH]c2)c(CC(=O)O)[nH]1. The summed E-state index contributed by atoms with van der Waals surface area (Å²) >= 11 is 0. The quantitative estimate of drug-likeness (QED) is 0.707. The van der Waals surface area contributed by atoms with Crippen LogP contribution in [0.25, 0.3) is 11.3 Å². The second-order valence-electron chi connectivity index (χ2n) is 3.32. The first-order chi connectivity index (χ1) is 7.16. The standard InChI is InChI=1S/C10H11N3O2/c1-6-12-8(4-9(14)15)10(13-6)7-2-3-11-5-7/h2-3,5,11H,4H2,1H3,(H,12,13)(H,14,15). The van der Waals surface area contributed by atoms with Crippen LogP contribution in [-0.4, -0.2) is 26.0 Å². The molecule has 0 spiro atoms. The van der Waals surface area contributed by atoms with E-state index in [2.05, 4.69) is 15.0 Å². The van der Waals surface area contributed by atoms with Gasteiger partial charge < -0.3 is 15.1 Å². The van der Waals surface area contributed by atoms with Crippen molar-refractivity contribution in [3.05, 3.63) is 30.0 Å². The highest BCUT2D eigenvalue weighted by atomic mass is 16.4. The number of aromatic amines is 2. The molecule has 0 amide bonds. The Kier molecular flexibility index (Phi) is 2.29. The number of H-pyrrole nitrogens is 2. The van der Waals surface area contributed by atoms with Crippen molar-refractivity contribution >= 4 is 5.97 Å². The van der Waals surface area contributed by atoms with E-state index in [1.165, 1.54) is 0 Å². The summed E-state index contributed by atoms with van der Waals surface area (Å²) in [6, 6.07) is 1.86. The van der Waals surface area contributed by atoms with Gasteiger partial charge in [-0.2, -0.15) is 0 Å². The molecule has 0 aliphatic rings. The van der Waals surface area contributed by atoms with E-state index in [0.29, 0.717) is 11.4 Å². The lowest BCUT2D eigenvalue weighted by molar-refractivity contribution is -0.136. The van der Waals surface area contributed by atoms with Crippen LogP contribution in [0.15, 0.2) is 18.5 Å². The number of hydrogen-bond donors (Lipinski definition) is 3. The van der Waals surface area contributed by atoms with Crippen LogP contribution in [-0.2, 0) is 11.2 Å². The minimum absolute atomic E-state index is 0.0403. The molecule has 0 saturated carbocycles. The number of carboxylic acid groups (broad SMARTS) is 1. The number of nitrogens with one attached hydrogen (secondary N) is 2. The second-order valence-corrected chi connectivity index (χ2v) is 3.32. The minimum atomic E-state index is -0.865. The number of carboxylic acids is 1. The first kappa shape index (κ1) is 9.51. The van der Waals surface area contributed by atoms with E-state index in [4.69, 9.17) is 5.11 Å². The zero-order chi connectivity index (χ0) is 10.8. The molecule has 2 aromatic heterocycles. The Morgan fingerprint density at radius 3 is 3.00 bits per heavy atom. The molecule has 0 aliphatic carbocycles. The molecule has 0 aromatic carbocycles. The van der Waals surface area contributed by atoms with Gasteiger partial charge in [0.1, 0.15) is 5.82 Å². The molecule has 0 bridgehead atoms. The number of hydrogen-bond acceptors (Lipinski definition) is 2. The zero-order valence-electron chi connectivity index (χ0n) is 8.24. The molecule has 0 fully saturated rings. The number of aryl methyl sites for hydroxylation is 1. The Morgan fingerprint density at radius 1 is 1.60 bits per heavy atom. The van der Waals surface area contributed by atoms with Crippen molar-refractivity contribution in [2.45, 2.75) is 13.3 Å². The number of rotatable bonds is 3. The van der Waals surface area contributed by atoms with Crippen molar-refractivity contribution in [1.82, 2.24) is 15.0 Å². The third-order valence-corrected chi connectivity index (χ3v) is 2.10. The van der Waals surface area contributed by atoms with Crippen LogP contribution in [0.4, 0.5) is 0 Å². The molecular weight excluding hydrogens is 194 g/mol. The van der Waals surface area contributed by atoms with Gasteiger partial charge in [0.2, 0.25) is 0 Å². The van der Waals surface area contributed by atoms with Crippen LogP contribution in [0.3, 0.4) is 0 Å². The number of aromatic nitrogens is 3. The Morgan fingerprint density at radius 2 is 2.40 bits per heavy atom. The maximum atomic E-state index is 10.6. The highest BCUT2D eigenvalue weighted by Crippen LogP contribution is 2.21. The maximum absolute atomic E-state index is 10.6. The number of carbonyl (C=O) groups is 1. The van der Waals surface area contributed by atoms with Crippen LogP contribution in [0.2, 0.25) is 0 Å². The summed E-state index contributed by atoms with van der Waals surface area (Å²) < 4.78 is 0. The monoisotopic (exact) mass is 205 g/mol. The molecule has 3 N–H and O–H groups in total. The van der Waals surface area contributed by atoms with E-state index in [9.17, 15) is 4.79 Å². The van der Waals surface area contributed by atoms with E-state index in [0.717, 1.165) is 11.4 Å². The number of nitrogens with zero attached hydrogens (tertiary/aromatic N) is 1. The van der Waals surface area contributed by atoms with Gasteiger partial charge in [-0.25, -0.2) is 4.98 Å². The average molecular weight is 205 g/mol. The van der Waals surface area contributed by atoms with Crippen LogP contribution in [0.5, 0.6) is 0 Å². The fourth-order valence-corrected chi connectivity index (χ4v) is 1.53. The molecule has 2 heterocycles. The number of aliphatic carboxylic acids is 1. The first-order valence-corrected chi connectivity index (χ1v) is 4.57. The molecule has 2 rings (SSSR count). The van der Waals surface area contributed by atoms with E-state index in [1.807, 2.05) is 13.0 Å².